The Morgan fingerprint density at radius 3 is 2.53 bits per heavy atom. The molecular formula is C12H14O3. The number of hydrogen-bond donors (Lipinski definition) is 1. The molecule has 0 aliphatic rings. The summed E-state index contributed by atoms with van der Waals surface area (Å²) in [7, 11) is 1.30. The van der Waals surface area contributed by atoms with Crippen molar-refractivity contribution in [2.75, 3.05) is 13.7 Å². The zero-order valence-corrected chi connectivity index (χ0v) is 8.64. The van der Waals surface area contributed by atoms with E-state index in [4.69, 9.17) is 0 Å². The van der Waals surface area contributed by atoms with Crippen LogP contribution in [0.5, 0.6) is 0 Å². The fourth-order valence-corrected chi connectivity index (χ4v) is 1.38. The summed E-state index contributed by atoms with van der Waals surface area (Å²) in [5, 5.41) is 9.23. The van der Waals surface area contributed by atoms with Crippen molar-refractivity contribution >= 4 is 5.97 Å². The van der Waals surface area contributed by atoms with E-state index in [0.717, 1.165) is 5.56 Å². The Labute approximate surface area is 89.0 Å². The Hall–Kier alpha value is -1.61. The van der Waals surface area contributed by atoms with Gasteiger partial charge in [-0.1, -0.05) is 36.9 Å². The van der Waals surface area contributed by atoms with E-state index >= 15 is 0 Å². The predicted molar refractivity (Wildman–Crippen MR) is 57.4 cm³/mol. The van der Waals surface area contributed by atoms with E-state index in [1.165, 1.54) is 7.11 Å². The van der Waals surface area contributed by atoms with Crippen LogP contribution >= 0.6 is 0 Å². The van der Waals surface area contributed by atoms with E-state index in [1.807, 2.05) is 30.3 Å². The second-order valence-electron chi connectivity index (χ2n) is 3.16. The maximum Gasteiger partial charge on any atom is 0.333 e. The van der Waals surface area contributed by atoms with Gasteiger partial charge in [0.15, 0.2) is 0 Å². The Balaban J connectivity index is 2.90. The average molecular weight is 206 g/mol. The van der Waals surface area contributed by atoms with Crippen LogP contribution in [-0.2, 0) is 9.53 Å². The van der Waals surface area contributed by atoms with Crippen LogP contribution in [0.1, 0.15) is 11.5 Å². The number of ether oxygens (including phenoxy) is 1. The quantitative estimate of drug-likeness (QED) is 0.599. The molecule has 0 aromatic heterocycles. The third kappa shape index (κ3) is 2.67. The first-order valence-corrected chi connectivity index (χ1v) is 4.63. The van der Waals surface area contributed by atoms with Crippen LogP contribution in [0, 0.1) is 0 Å². The Morgan fingerprint density at radius 2 is 2.07 bits per heavy atom. The van der Waals surface area contributed by atoms with E-state index < -0.39 is 11.9 Å². The number of carbonyl (C=O) groups excluding carboxylic acids is 1. The fourth-order valence-electron chi connectivity index (χ4n) is 1.38. The summed E-state index contributed by atoms with van der Waals surface area (Å²) in [5.74, 6) is -0.878. The minimum Gasteiger partial charge on any atom is -0.466 e. The molecule has 0 unspecified atom stereocenters. The Kier molecular flexibility index (Phi) is 4.06. The SMILES string of the molecule is C=C(C(=O)OC)[C@@H](CO)c1ccccc1. The van der Waals surface area contributed by atoms with Gasteiger partial charge >= 0.3 is 5.97 Å². The van der Waals surface area contributed by atoms with Crippen molar-refractivity contribution in [2.24, 2.45) is 0 Å². The van der Waals surface area contributed by atoms with Gasteiger partial charge < -0.3 is 9.84 Å². The number of methoxy groups -OCH3 is 1. The first-order valence-electron chi connectivity index (χ1n) is 4.63. The molecule has 1 aromatic rings. The second kappa shape index (κ2) is 5.32. The summed E-state index contributed by atoms with van der Waals surface area (Å²) in [5.41, 5.74) is 1.13. The first-order chi connectivity index (χ1) is 7.20. The topological polar surface area (TPSA) is 46.5 Å². The minimum atomic E-state index is -0.488. The third-order valence-electron chi connectivity index (χ3n) is 2.25. The number of hydrogen-bond acceptors (Lipinski definition) is 3. The van der Waals surface area contributed by atoms with Crippen molar-refractivity contribution in [2.45, 2.75) is 5.92 Å². The van der Waals surface area contributed by atoms with Crippen molar-refractivity contribution in [3.63, 3.8) is 0 Å². The standard InChI is InChI=1S/C12H14O3/c1-9(12(14)15-2)11(8-13)10-6-4-3-5-7-10/h3-7,11,13H,1,8H2,2H3/t11-/m1/s1. The van der Waals surface area contributed by atoms with Crippen molar-refractivity contribution in [1.82, 2.24) is 0 Å². The van der Waals surface area contributed by atoms with E-state index in [2.05, 4.69) is 11.3 Å². The smallest absolute Gasteiger partial charge is 0.333 e. The van der Waals surface area contributed by atoms with Gasteiger partial charge in [-0.3, -0.25) is 0 Å². The molecule has 0 bridgehead atoms. The largest absolute Gasteiger partial charge is 0.466 e. The minimum absolute atomic E-state index is 0.155. The van der Waals surface area contributed by atoms with Crippen LogP contribution < -0.4 is 0 Å². The van der Waals surface area contributed by atoms with Gasteiger partial charge in [0.25, 0.3) is 0 Å². The van der Waals surface area contributed by atoms with E-state index in [1.54, 1.807) is 0 Å². The van der Waals surface area contributed by atoms with Gasteiger partial charge in [-0.25, -0.2) is 4.79 Å². The van der Waals surface area contributed by atoms with Gasteiger partial charge in [-0.15, -0.1) is 0 Å². The molecule has 0 spiro atoms. The van der Waals surface area contributed by atoms with Crippen LogP contribution in [0.25, 0.3) is 0 Å². The van der Waals surface area contributed by atoms with E-state index in [9.17, 15) is 9.90 Å². The van der Waals surface area contributed by atoms with E-state index in [0.29, 0.717) is 0 Å². The number of benzene rings is 1. The molecule has 0 radical (unpaired) electrons. The van der Waals surface area contributed by atoms with Crippen LogP contribution in [0.15, 0.2) is 42.5 Å². The molecule has 15 heavy (non-hydrogen) atoms. The van der Waals surface area contributed by atoms with Crippen LogP contribution in [0.2, 0.25) is 0 Å². The molecule has 80 valence electrons. The fraction of sp³-hybridized carbons (Fsp3) is 0.250. The summed E-state index contributed by atoms with van der Waals surface area (Å²) in [4.78, 5) is 11.3. The monoisotopic (exact) mass is 206 g/mol. The molecule has 1 N–H and O–H groups in total. The lowest BCUT2D eigenvalue weighted by atomic mass is 9.93. The Bertz CT molecular complexity index is 343. The molecule has 0 fully saturated rings. The van der Waals surface area contributed by atoms with Gasteiger partial charge in [-0.2, -0.15) is 0 Å². The number of esters is 1. The van der Waals surface area contributed by atoms with Crippen molar-refractivity contribution in [3.8, 4) is 0 Å². The number of rotatable bonds is 4. The number of carbonyl (C=O) groups is 1. The molecule has 0 aliphatic carbocycles. The summed E-state index contributed by atoms with van der Waals surface area (Å²) in [6, 6.07) is 9.26. The maximum atomic E-state index is 11.3. The zero-order chi connectivity index (χ0) is 11.3. The molecule has 0 saturated heterocycles. The summed E-state index contributed by atoms with van der Waals surface area (Å²) < 4.78 is 4.57. The van der Waals surface area contributed by atoms with Gasteiger partial charge in [-0.05, 0) is 5.56 Å². The highest BCUT2D eigenvalue weighted by Crippen LogP contribution is 2.23. The number of aliphatic hydroxyl groups excluding tert-OH is 1. The normalized spacial score (nSPS) is 11.9. The summed E-state index contributed by atoms with van der Waals surface area (Å²) in [6.45, 7) is 3.48. The highest BCUT2D eigenvalue weighted by Gasteiger charge is 2.20. The van der Waals surface area contributed by atoms with Crippen LogP contribution in [0.4, 0.5) is 0 Å². The lowest BCUT2D eigenvalue weighted by molar-refractivity contribution is -0.136. The predicted octanol–water partition coefficient (Wildman–Crippen LogP) is 1.49. The first kappa shape index (κ1) is 11.5. The molecule has 0 saturated carbocycles. The van der Waals surface area contributed by atoms with Crippen molar-refractivity contribution < 1.29 is 14.6 Å². The molecule has 3 nitrogen and oxygen atoms in total. The molecule has 0 aliphatic heterocycles. The van der Waals surface area contributed by atoms with Gasteiger partial charge in [0.1, 0.15) is 0 Å². The summed E-state index contributed by atoms with van der Waals surface area (Å²) in [6.07, 6.45) is 0. The van der Waals surface area contributed by atoms with E-state index in [-0.39, 0.29) is 12.2 Å². The lowest BCUT2D eigenvalue weighted by Crippen LogP contribution is -2.15. The molecule has 0 heterocycles. The average Bonchev–Trinajstić information content (AvgIpc) is 2.30. The molecule has 1 atom stereocenters. The molecular weight excluding hydrogens is 192 g/mol. The van der Waals surface area contributed by atoms with Crippen LogP contribution in [0.3, 0.4) is 0 Å². The third-order valence-corrected chi connectivity index (χ3v) is 2.25. The van der Waals surface area contributed by atoms with Gasteiger partial charge in [0, 0.05) is 11.5 Å². The van der Waals surface area contributed by atoms with Gasteiger partial charge in [0.2, 0.25) is 0 Å². The lowest BCUT2D eigenvalue weighted by Gasteiger charge is -2.15. The number of aliphatic hydroxyl groups is 1. The highest BCUT2D eigenvalue weighted by atomic mass is 16.5. The Morgan fingerprint density at radius 1 is 1.47 bits per heavy atom. The second-order valence-corrected chi connectivity index (χ2v) is 3.16. The summed E-state index contributed by atoms with van der Waals surface area (Å²) >= 11 is 0. The zero-order valence-electron chi connectivity index (χ0n) is 8.64. The van der Waals surface area contributed by atoms with Crippen LogP contribution in [-0.4, -0.2) is 24.8 Å². The van der Waals surface area contributed by atoms with Crippen molar-refractivity contribution in [1.29, 1.82) is 0 Å². The van der Waals surface area contributed by atoms with Gasteiger partial charge in [0.05, 0.1) is 13.7 Å². The molecule has 0 amide bonds. The maximum absolute atomic E-state index is 11.3. The molecule has 3 heteroatoms. The highest BCUT2D eigenvalue weighted by molar-refractivity contribution is 5.89. The molecule has 1 aromatic carbocycles. The van der Waals surface area contributed by atoms with Crippen molar-refractivity contribution in [3.05, 3.63) is 48.0 Å². The molecule has 1 rings (SSSR count).